The molecule has 3 rings (SSSR count). The molecule has 1 atom stereocenters. The molecular weight excluding hydrogens is 386 g/mol. The summed E-state index contributed by atoms with van der Waals surface area (Å²) in [6.45, 7) is -0.147. The summed E-state index contributed by atoms with van der Waals surface area (Å²) in [6.07, 6.45) is 0.575. The van der Waals surface area contributed by atoms with Crippen molar-refractivity contribution in [2.75, 3.05) is 27.3 Å². The van der Waals surface area contributed by atoms with Crippen LogP contribution >= 0.6 is 22.9 Å². The number of ether oxygens (including phenoxy) is 1. The molecule has 8 heteroatoms. The van der Waals surface area contributed by atoms with E-state index in [-0.39, 0.29) is 31.0 Å². The van der Waals surface area contributed by atoms with E-state index in [1.807, 2.05) is 35.7 Å². The standard InChI is InChI=1S/C19H20ClN3O3S/c1-22(19(25)12-26-2)11-18(24)23-16(13-6-3-4-7-14(13)20)10-15(21-23)17-8-5-9-27-17/h3-9,16H,10-12H2,1-2H3/t16-/m1/s1. The Hall–Kier alpha value is -2.22. The summed E-state index contributed by atoms with van der Waals surface area (Å²) < 4.78 is 4.84. The molecule has 0 radical (unpaired) electrons. The van der Waals surface area contributed by atoms with Gasteiger partial charge in [-0.2, -0.15) is 5.10 Å². The molecule has 0 N–H and O–H groups in total. The highest BCUT2D eigenvalue weighted by Gasteiger charge is 2.35. The van der Waals surface area contributed by atoms with E-state index in [0.29, 0.717) is 11.4 Å². The van der Waals surface area contributed by atoms with E-state index in [1.54, 1.807) is 24.5 Å². The lowest BCUT2D eigenvalue weighted by atomic mass is 10.0. The summed E-state index contributed by atoms with van der Waals surface area (Å²) in [5.74, 6) is -0.528. The van der Waals surface area contributed by atoms with Crippen LogP contribution in [0, 0.1) is 0 Å². The summed E-state index contributed by atoms with van der Waals surface area (Å²) in [5, 5.41) is 8.59. The average molecular weight is 406 g/mol. The minimum atomic E-state index is -0.297. The van der Waals surface area contributed by atoms with Gasteiger partial charge in [0.1, 0.15) is 13.2 Å². The summed E-state index contributed by atoms with van der Waals surface area (Å²) in [7, 11) is 3.02. The molecule has 1 aliphatic rings. The van der Waals surface area contributed by atoms with Gasteiger partial charge in [0, 0.05) is 25.6 Å². The van der Waals surface area contributed by atoms with Crippen LogP contribution in [0.1, 0.15) is 22.9 Å². The zero-order chi connectivity index (χ0) is 19.4. The van der Waals surface area contributed by atoms with Gasteiger partial charge in [-0.05, 0) is 23.1 Å². The van der Waals surface area contributed by atoms with Crippen LogP contribution in [0.4, 0.5) is 0 Å². The van der Waals surface area contributed by atoms with Crippen molar-refractivity contribution < 1.29 is 14.3 Å². The monoisotopic (exact) mass is 405 g/mol. The Bertz CT molecular complexity index is 854. The minimum absolute atomic E-state index is 0.0680. The number of halogens is 1. The molecule has 2 aromatic rings. The Morgan fingerprint density at radius 2 is 2.11 bits per heavy atom. The van der Waals surface area contributed by atoms with Crippen molar-refractivity contribution in [1.82, 2.24) is 9.91 Å². The number of hydrogen-bond acceptors (Lipinski definition) is 5. The van der Waals surface area contributed by atoms with E-state index in [4.69, 9.17) is 16.3 Å². The third-order valence-electron chi connectivity index (χ3n) is 4.30. The molecule has 0 aliphatic carbocycles. The van der Waals surface area contributed by atoms with Gasteiger partial charge in [-0.25, -0.2) is 5.01 Å². The first kappa shape index (κ1) is 19.5. The zero-order valence-corrected chi connectivity index (χ0v) is 16.7. The van der Waals surface area contributed by atoms with Gasteiger partial charge < -0.3 is 9.64 Å². The first-order chi connectivity index (χ1) is 13.0. The average Bonchev–Trinajstić information content (AvgIpc) is 3.32. The van der Waals surface area contributed by atoms with Gasteiger partial charge in [0.15, 0.2) is 0 Å². The van der Waals surface area contributed by atoms with Crippen molar-refractivity contribution in [2.24, 2.45) is 5.10 Å². The number of likely N-dealkylation sites (N-methyl/N-ethyl adjacent to an activating group) is 1. The maximum absolute atomic E-state index is 12.9. The molecule has 0 saturated carbocycles. The third-order valence-corrected chi connectivity index (χ3v) is 5.56. The van der Waals surface area contributed by atoms with Gasteiger partial charge >= 0.3 is 0 Å². The SMILES string of the molecule is COCC(=O)N(C)CC(=O)N1N=C(c2cccs2)C[C@@H]1c1ccccc1Cl. The molecule has 0 unspecified atom stereocenters. The molecule has 142 valence electrons. The molecule has 0 fully saturated rings. The number of carbonyl (C=O) groups is 2. The van der Waals surface area contributed by atoms with E-state index < -0.39 is 0 Å². The van der Waals surface area contributed by atoms with Crippen LogP contribution in [0.2, 0.25) is 5.02 Å². The van der Waals surface area contributed by atoms with Crippen molar-refractivity contribution in [3.05, 3.63) is 57.2 Å². The number of benzene rings is 1. The number of hydrazone groups is 1. The van der Waals surface area contributed by atoms with E-state index in [0.717, 1.165) is 16.2 Å². The second-order valence-corrected chi connectivity index (χ2v) is 7.54. The van der Waals surface area contributed by atoms with Gasteiger partial charge in [0.05, 0.1) is 16.6 Å². The predicted molar refractivity (Wildman–Crippen MR) is 106 cm³/mol. The molecule has 2 heterocycles. The Morgan fingerprint density at radius 3 is 2.78 bits per heavy atom. The molecule has 6 nitrogen and oxygen atoms in total. The largest absolute Gasteiger partial charge is 0.375 e. The summed E-state index contributed by atoms with van der Waals surface area (Å²) in [6, 6.07) is 11.1. The highest BCUT2D eigenvalue weighted by molar-refractivity contribution is 7.12. The maximum atomic E-state index is 12.9. The Morgan fingerprint density at radius 1 is 1.33 bits per heavy atom. The third kappa shape index (κ3) is 4.37. The number of hydrogen-bond donors (Lipinski definition) is 0. The zero-order valence-electron chi connectivity index (χ0n) is 15.1. The van der Waals surface area contributed by atoms with Gasteiger partial charge in [-0.1, -0.05) is 35.9 Å². The van der Waals surface area contributed by atoms with Crippen LogP contribution in [0.5, 0.6) is 0 Å². The Balaban J connectivity index is 1.86. The van der Waals surface area contributed by atoms with Crippen molar-refractivity contribution in [1.29, 1.82) is 0 Å². The predicted octanol–water partition coefficient (Wildman–Crippen LogP) is 3.18. The fourth-order valence-electron chi connectivity index (χ4n) is 2.92. The fourth-order valence-corrected chi connectivity index (χ4v) is 3.90. The second kappa shape index (κ2) is 8.65. The van der Waals surface area contributed by atoms with Crippen LogP contribution < -0.4 is 0 Å². The van der Waals surface area contributed by atoms with Crippen LogP contribution in [0.15, 0.2) is 46.9 Å². The quantitative estimate of drug-likeness (QED) is 0.741. The van der Waals surface area contributed by atoms with Crippen LogP contribution in [0.25, 0.3) is 0 Å². The Labute approximate surface area is 167 Å². The van der Waals surface area contributed by atoms with Crippen molar-refractivity contribution in [3.8, 4) is 0 Å². The Kier molecular flexibility index (Phi) is 6.26. The summed E-state index contributed by atoms with van der Waals surface area (Å²) >= 11 is 7.95. The van der Waals surface area contributed by atoms with Gasteiger partial charge in [0.25, 0.3) is 5.91 Å². The number of thiophene rings is 1. The molecule has 0 saturated heterocycles. The van der Waals surface area contributed by atoms with Crippen molar-refractivity contribution in [2.45, 2.75) is 12.5 Å². The highest BCUT2D eigenvalue weighted by Crippen LogP contribution is 2.36. The number of rotatable bonds is 6. The summed E-state index contributed by atoms with van der Waals surface area (Å²) in [4.78, 5) is 27.2. The second-order valence-electron chi connectivity index (χ2n) is 6.19. The molecule has 1 aromatic heterocycles. The lowest BCUT2D eigenvalue weighted by molar-refractivity contribution is -0.142. The van der Waals surface area contributed by atoms with E-state index in [9.17, 15) is 9.59 Å². The van der Waals surface area contributed by atoms with Crippen molar-refractivity contribution >= 4 is 40.5 Å². The van der Waals surface area contributed by atoms with Crippen molar-refractivity contribution in [3.63, 3.8) is 0 Å². The minimum Gasteiger partial charge on any atom is -0.375 e. The lowest BCUT2D eigenvalue weighted by Crippen LogP contribution is -2.40. The number of methoxy groups -OCH3 is 1. The van der Waals surface area contributed by atoms with Gasteiger partial charge in [0.2, 0.25) is 5.91 Å². The fraction of sp³-hybridized carbons (Fsp3) is 0.316. The normalized spacial score (nSPS) is 16.3. The van der Waals surface area contributed by atoms with Crippen LogP contribution in [-0.2, 0) is 14.3 Å². The number of carbonyl (C=O) groups excluding carboxylic acids is 2. The van der Waals surface area contributed by atoms with Crippen LogP contribution in [-0.4, -0.2) is 54.7 Å². The molecule has 0 bridgehead atoms. The molecule has 1 aromatic carbocycles. The summed E-state index contributed by atoms with van der Waals surface area (Å²) in [5.41, 5.74) is 1.68. The first-order valence-electron chi connectivity index (χ1n) is 8.42. The molecule has 0 spiro atoms. The van der Waals surface area contributed by atoms with E-state index in [1.165, 1.54) is 17.0 Å². The number of amides is 2. The van der Waals surface area contributed by atoms with Gasteiger partial charge in [-0.3, -0.25) is 9.59 Å². The smallest absolute Gasteiger partial charge is 0.262 e. The van der Waals surface area contributed by atoms with E-state index >= 15 is 0 Å². The molecular formula is C19H20ClN3O3S. The van der Waals surface area contributed by atoms with Crippen LogP contribution in [0.3, 0.4) is 0 Å². The number of nitrogens with zero attached hydrogens (tertiary/aromatic N) is 3. The molecule has 2 amide bonds. The topological polar surface area (TPSA) is 62.2 Å². The lowest BCUT2D eigenvalue weighted by Gasteiger charge is -2.25. The molecule has 27 heavy (non-hydrogen) atoms. The maximum Gasteiger partial charge on any atom is 0.262 e. The van der Waals surface area contributed by atoms with E-state index in [2.05, 4.69) is 5.10 Å². The van der Waals surface area contributed by atoms with Gasteiger partial charge in [-0.15, -0.1) is 11.3 Å². The highest BCUT2D eigenvalue weighted by atomic mass is 35.5. The molecule has 1 aliphatic heterocycles. The first-order valence-corrected chi connectivity index (χ1v) is 9.67.